The molecule has 0 unspecified atom stereocenters. The number of hydrogen-bond acceptors (Lipinski definition) is 2. The molecule has 0 radical (unpaired) electrons. The van der Waals surface area contributed by atoms with Crippen LogP contribution in [0.2, 0.25) is 0 Å². The van der Waals surface area contributed by atoms with Crippen molar-refractivity contribution in [1.82, 2.24) is 19.7 Å². The molecule has 3 rings (SSSR count). The standard InChI is InChI=1S/C20H26N4O2/c1-4-21-20(26)23-13-11-22(12-14-23)19(25)17-7-9-18(10-8-17)24-15(2)5-6-16(24)3/h5-10H,4,11-14H2,1-3H3,(H,21,26). The molecule has 0 saturated carbocycles. The lowest BCUT2D eigenvalue weighted by atomic mass is 10.1. The Balaban J connectivity index is 1.65. The van der Waals surface area contributed by atoms with E-state index in [2.05, 4.69) is 35.9 Å². The lowest BCUT2D eigenvalue weighted by Gasteiger charge is -2.34. The maximum absolute atomic E-state index is 12.7. The van der Waals surface area contributed by atoms with Gasteiger partial charge in [-0.25, -0.2) is 4.79 Å². The summed E-state index contributed by atoms with van der Waals surface area (Å²) < 4.78 is 2.17. The predicted octanol–water partition coefficient (Wildman–Crippen LogP) is 2.58. The zero-order valence-electron chi connectivity index (χ0n) is 15.7. The Morgan fingerprint density at radius 2 is 1.42 bits per heavy atom. The van der Waals surface area contributed by atoms with Crippen molar-refractivity contribution < 1.29 is 9.59 Å². The molecule has 6 heteroatoms. The molecule has 1 aromatic heterocycles. The third-order valence-corrected chi connectivity index (χ3v) is 4.83. The second kappa shape index (κ2) is 7.64. The first-order chi connectivity index (χ1) is 12.5. The van der Waals surface area contributed by atoms with E-state index in [1.165, 1.54) is 11.4 Å². The van der Waals surface area contributed by atoms with Crippen molar-refractivity contribution in [2.24, 2.45) is 0 Å². The van der Waals surface area contributed by atoms with Gasteiger partial charge in [0, 0.05) is 55.4 Å². The Bertz CT molecular complexity index is 767. The fourth-order valence-corrected chi connectivity index (χ4v) is 3.39. The van der Waals surface area contributed by atoms with Crippen LogP contribution in [-0.2, 0) is 0 Å². The number of nitrogens with zero attached hydrogens (tertiary/aromatic N) is 3. The predicted molar refractivity (Wildman–Crippen MR) is 102 cm³/mol. The van der Waals surface area contributed by atoms with Crippen LogP contribution in [0.1, 0.15) is 28.7 Å². The van der Waals surface area contributed by atoms with Gasteiger partial charge in [-0.2, -0.15) is 0 Å². The molecular weight excluding hydrogens is 328 g/mol. The van der Waals surface area contributed by atoms with Gasteiger partial charge in [0.1, 0.15) is 0 Å². The van der Waals surface area contributed by atoms with Gasteiger partial charge in [-0.15, -0.1) is 0 Å². The Morgan fingerprint density at radius 1 is 0.885 bits per heavy atom. The molecular formula is C20H26N4O2. The zero-order valence-corrected chi connectivity index (χ0v) is 15.7. The van der Waals surface area contributed by atoms with Crippen molar-refractivity contribution in [2.75, 3.05) is 32.7 Å². The quantitative estimate of drug-likeness (QED) is 0.921. The zero-order chi connectivity index (χ0) is 18.7. The van der Waals surface area contributed by atoms with Crippen LogP contribution in [0.25, 0.3) is 5.69 Å². The molecule has 0 bridgehead atoms. The monoisotopic (exact) mass is 354 g/mol. The smallest absolute Gasteiger partial charge is 0.317 e. The van der Waals surface area contributed by atoms with Crippen LogP contribution in [-0.4, -0.2) is 59.0 Å². The first kappa shape index (κ1) is 18.0. The van der Waals surface area contributed by atoms with E-state index in [-0.39, 0.29) is 11.9 Å². The fraction of sp³-hybridized carbons (Fsp3) is 0.400. The molecule has 3 amide bonds. The number of nitrogens with one attached hydrogen (secondary N) is 1. The van der Waals surface area contributed by atoms with Gasteiger partial charge < -0.3 is 19.7 Å². The van der Waals surface area contributed by atoms with Crippen LogP contribution < -0.4 is 5.32 Å². The van der Waals surface area contributed by atoms with Crippen LogP contribution in [0, 0.1) is 13.8 Å². The number of urea groups is 1. The molecule has 1 fully saturated rings. The van der Waals surface area contributed by atoms with E-state index in [0.717, 1.165) is 5.69 Å². The van der Waals surface area contributed by atoms with Crippen LogP contribution >= 0.6 is 0 Å². The second-order valence-electron chi connectivity index (χ2n) is 6.61. The molecule has 1 aliphatic heterocycles. The molecule has 26 heavy (non-hydrogen) atoms. The molecule has 1 N–H and O–H groups in total. The number of rotatable bonds is 3. The van der Waals surface area contributed by atoms with Crippen LogP contribution in [0.5, 0.6) is 0 Å². The molecule has 0 atom stereocenters. The number of aryl methyl sites for hydroxylation is 2. The Hall–Kier alpha value is -2.76. The van der Waals surface area contributed by atoms with Gasteiger partial charge in [0.25, 0.3) is 5.91 Å². The molecule has 1 saturated heterocycles. The van der Waals surface area contributed by atoms with Crippen molar-refractivity contribution in [3.63, 3.8) is 0 Å². The molecule has 138 valence electrons. The Labute approximate surface area is 154 Å². The maximum atomic E-state index is 12.7. The van der Waals surface area contributed by atoms with Crippen molar-refractivity contribution in [3.05, 3.63) is 53.3 Å². The summed E-state index contributed by atoms with van der Waals surface area (Å²) in [6, 6.07) is 11.8. The molecule has 1 aliphatic rings. The van der Waals surface area contributed by atoms with Gasteiger partial charge in [-0.1, -0.05) is 0 Å². The number of piperazine rings is 1. The number of hydrogen-bond donors (Lipinski definition) is 1. The van der Waals surface area contributed by atoms with Crippen molar-refractivity contribution in [1.29, 1.82) is 0 Å². The van der Waals surface area contributed by atoms with Crippen LogP contribution in [0.15, 0.2) is 36.4 Å². The summed E-state index contributed by atoms with van der Waals surface area (Å²) in [6.07, 6.45) is 0. The molecule has 0 aliphatic carbocycles. The fourth-order valence-electron chi connectivity index (χ4n) is 3.39. The molecule has 1 aromatic carbocycles. The van der Waals surface area contributed by atoms with E-state index in [9.17, 15) is 9.59 Å². The Kier molecular flexibility index (Phi) is 5.30. The number of aromatic nitrogens is 1. The van der Waals surface area contributed by atoms with Crippen LogP contribution in [0.4, 0.5) is 4.79 Å². The highest BCUT2D eigenvalue weighted by molar-refractivity contribution is 5.94. The van der Waals surface area contributed by atoms with E-state index in [1.54, 1.807) is 4.90 Å². The van der Waals surface area contributed by atoms with Gasteiger partial charge >= 0.3 is 6.03 Å². The first-order valence-electron chi connectivity index (χ1n) is 9.08. The molecule has 2 heterocycles. The minimum atomic E-state index is -0.0542. The van der Waals surface area contributed by atoms with Crippen molar-refractivity contribution in [3.8, 4) is 5.69 Å². The molecule has 0 spiro atoms. The van der Waals surface area contributed by atoms with Gasteiger partial charge in [0.2, 0.25) is 0 Å². The summed E-state index contributed by atoms with van der Waals surface area (Å²) >= 11 is 0. The van der Waals surface area contributed by atoms with Crippen molar-refractivity contribution >= 4 is 11.9 Å². The highest BCUT2D eigenvalue weighted by Gasteiger charge is 2.24. The lowest BCUT2D eigenvalue weighted by Crippen LogP contribution is -2.53. The van der Waals surface area contributed by atoms with Crippen LogP contribution in [0.3, 0.4) is 0 Å². The summed E-state index contributed by atoms with van der Waals surface area (Å²) in [6.45, 7) is 8.92. The van der Waals surface area contributed by atoms with Gasteiger partial charge in [-0.3, -0.25) is 4.79 Å². The second-order valence-corrected chi connectivity index (χ2v) is 6.61. The minimum absolute atomic E-state index is 0.0213. The van der Waals surface area contributed by atoms with Gasteiger partial charge in [-0.05, 0) is 57.2 Å². The highest BCUT2D eigenvalue weighted by Crippen LogP contribution is 2.18. The van der Waals surface area contributed by atoms with E-state index < -0.39 is 0 Å². The summed E-state index contributed by atoms with van der Waals surface area (Å²) in [7, 11) is 0. The Morgan fingerprint density at radius 3 is 1.96 bits per heavy atom. The number of amides is 3. The number of carbonyl (C=O) groups is 2. The number of benzene rings is 1. The summed E-state index contributed by atoms with van der Waals surface area (Å²) in [4.78, 5) is 28.2. The molecule has 6 nitrogen and oxygen atoms in total. The third kappa shape index (κ3) is 3.59. The summed E-state index contributed by atoms with van der Waals surface area (Å²) in [5, 5.41) is 2.80. The summed E-state index contributed by atoms with van der Waals surface area (Å²) in [5.74, 6) is 0.0213. The maximum Gasteiger partial charge on any atom is 0.317 e. The average molecular weight is 354 g/mol. The minimum Gasteiger partial charge on any atom is -0.338 e. The topological polar surface area (TPSA) is 57.6 Å². The van der Waals surface area contributed by atoms with E-state index in [1.807, 2.05) is 36.1 Å². The van der Waals surface area contributed by atoms with E-state index in [4.69, 9.17) is 0 Å². The average Bonchev–Trinajstić information content (AvgIpc) is 3.00. The number of carbonyl (C=O) groups excluding carboxylic acids is 2. The largest absolute Gasteiger partial charge is 0.338 e. The van der Waals surface area contributed by atoms with E-state index in [0.29, 0.717) is 38.3 Å². The van der Waals surface area contributed by atoms with E-state index >= 15 is 0 Å². The van der Waals surface area contributed by atoms with Gasteiger partial charge in [0.05, 0.1) is 0 Å². The molecule has 2 aromatic rings. The highest BCUT2D eigenvalue weighted by atomic mass is 16.2. The van der Waals surface area contributed by atoms with Gasteiger partial charge in [0.15, 0.2) is 0 Å². The SMILES string of the molecule is CCNC(=O)N1CCN(C(=O)c2ccc(-n3c(C)ccc3C)cc2)CC1. The lowest BCUT2D eigenvalue weighted by molar-refractivity contribution is 0.0665. The van der Waals surface area contributed by atoms with Crippen molar-refractivity contribution in [2.45, 2.75) is 20.8 Å². The normalized spacial score (nSPS) is 14.4. The summed E-state index contributed by atoms with van der Waals surface area (Å²) in [5.41, 5.74) is 4.08. The third-order valence-electron chi connectivity index (χ3n) is 4.83. The first-order valence-corrected chi connectivity index (χ1v) is 9.08.